The van der Waals surface area contributed by atoms with E-state index in [9.17, 15) is 28.8 Å². The SMILES string of the molecule is COC(=O)N[C@H](C(=O)N1CCC[C@H]1C(=O)Cc1ccc(C(=O)Cc2ccc(NC(=O)[C@@H]3CCCN3C(=O)Cc3ccccc3)cc2)cc1)C(C)C. The number of ketones is 2. The van der Waals surface area contributed by atoms with Gasteiger partial charge in [0.05, 0.1) is 19.6 Å². The Morgan fingerprint density at radius 1 is 0.725 bits per heavy atom. The standard InChI is InChI=1S/C40H46N4O7/c1-26(2)37(42-40(50)51-3)39(49)44-22-7-11-32(44)35(46)24-28-13-17-30(18-14-28)34(45)23-29-15-19-31(20-16-29)41-38(48)33-12-8-21-43(33)36(47)25-27-9-5-4-6-10-27/h4-6,9-10,13-20,26,32-33,37H,7-8,11-12,21-25H2,1-3H3,(H,41,48)(H,42,50)/t32-,33-,37-/m0/s1. The zero-order valence-corrected chi connectivity index (χ0v) is 29.4. The van der Waals surface area contributed by atoms with E-state index in [1.807, 2.05) is 44.2 Å². The highest BCUT2D eigenvalue weighted by Gasteiger charge is 2.38. The molecule has 0 bridgehead atoms. The summed E-state index contributed by atoms with van der Waals surface area (Å²) in [4.78, 5) is 80.9. The number of methoxy groups -OCH3 is 1. The lowest BCUT2D eigenvalue weighted by Crippen LogP contribution is -2.53. The molecule has 268 valence electrons. The monoisotopic (exact) mass is 694 g/mol. The average Bonchev–Trinajstić information content (AvgIpc) is 3.83. The van der Waals surface area contributed by atoms with Crippen molar-refractivity contribution in [3.05, 3.63) is 101 Å². The van der Waals surface area contributed by atoms with Gasteiger partial charge in [0.25, 0.3) is 0 Å². The van der Waals surface area contributed by atoms with Crippen LogP contribution < -0.4 is 10.6 Å². The Morgan fingerprint density at radius 3 is 1.96 bits per heavy atom. The van der Waals surface area contributed by atoms with Crippen LogP contribution in [0.1, 0.15) is 66.6 Å². The number of benzene rings is 3. The number of hydrogen-bond acceptors (Lipinski definition) is 7. The lowest BCUT2D eigenvalue weighted by molar-refractivity contribution is -0.139. The van der Waals surface area contributed by atoms with Gasteiger partial charge in [0.1, 0.15) is 12.1 Å². The molecule has 3 aromatic carbocycles. The molecule has 2 fully saturated rings. The van der Waals surface area contributed by atoms with Crippen LogP contribution in [0.25, 0.3) is 0 Å². The topological polar surface area (TPSA) is 142 Å². The van der Waals surface area contributed by atoms with Gasteiger partial charge in [-0.3, -0.25) is 24.0 Å². The molecule has 0 aliphatic carbocycles. The molecule has 3 aromatic rings. The van der Waals surface area contributed by atoms with Crippen LogP contribution in [0, 0.1) is 5.92 Å². The number of ether oxygens (including phenoxy) is 1. The number of carbonyl (C=O) groups is 6. The molecule has 51 heavy (non-hydrogen) atoms. The molecule has 3 atom stereocenters. The molecule has 11 nitrogen and oxygen atoms in total. The Hall–Kier alpha value is -5.32. The van der Waals surface area contributed by atoms with E-state index in [0.29, 0.717) is 43.6 Å². The van der Waals surface area contributed by atoms with Gasteiger partial charge in [-0.25, -0.2) is 4.79 Å². The number of hydrogen-bond donors (Lipinski definition) is 2. The molecule has 0 spiro atoms. The minimum Gasteiger partial charge on any atom is -0.453 e. The van der Waals surface area contributed by atoms with E-state index >= 15 is 0 Å². The van der Waals surface area contributed by atoms with E-state index in [1.54, 1.807) is 58.3 Å². The first-order chi connectivity index (χ1) is 24.5. The average molecular weight is 695 g/mol. The number of anilines is 1. The fraction of sp³-hybridized carbons (Fsp3) is 0.400. The van der Waals surface area contributed by atoms with Gasteiger partial charge in [0.2, 0.25) is 17.7 Å². The highest BCUT2D eigenvalue weighted by Crippen LogP contribution is 2.24. The predicted octanol–water partition coefficient (Wildman–Crippen LogP) is 4.77. The maximum Gasteiger partial charge on any atom is 0.407 e. The highest BCUT2D eigenvalue weighted by molar-refractivity contribution is 5.99. The summed E-state index contributed by atoms with van der Waals surface area (Å²) < 4.78 is 4.68. The van der Waals surface area contributed by atoms with E-state index in [0.717, 1.165) is 23.1 Å². The second-order valence-electron chi connectivity index (χ2n) is 13.6. The van der Waals surface area contributed by atoms with Crippen molar-refractivity contribution in [2.75, 3.05) is 25.5 Å². The Bertz CT molecular complexity index is 1720. The molecule has 2 aliphatic heterocycles. The number of rotatable bonds is 13. The Labute approximate surface area is 298 Å². The first kappa shape index (κ1) is 36.9. The van der Waals surface area contributed by atoms with E-state index in [4.69, 9.17) is 0 Å². The summed E-state index contributed by atoms with van der Waals surface area (Å²) >= 11 is 0. The van der Waals surface area contributed by atoms with Gasteiger partial charge in [-0.05, 0) is 60.4 Å². The van der Waals surface area contributed by atoms with Crippen molar-refractivity contribution >= 4 is 41.1 Å². The second kappa shape index (κ2) is 17.1. The third-order valence-corrected chi connectivity index (χ3v) is 9.61. The van der Waals surface area contributed by atoms with Gasteiger partial charge < -0.3 is 25.2 Å². The van der Waals surface area contributed by atoms with Crippen LogP contribution in [-0.4, -0.2) is 83.5 Å². The molecule has 2 heterocycles. The van der Waals surface area contributed by atoms with Crippen LogP contribution in [0.2, 0.25) is 0 Å². The molecule has 0 saturated carbocycles. The van der Waals surface area contributed by atoms with Crippen LogP contribution in [0.3, 0.4) is 0 Å². The molecular formula is C40H46N4O7. The van der Waals surface area contributed by atoms with Crippen LogP contribution in [0.15, 0.2) is 78.9 Å². The zero-order valence-electron chi connectivity index (χ0n) is 29.4. The van der Waals surface area contributed by atoms with Crippen LogP contribution in [0.5, 0.6) is 0 Å². The summed E-state index contributed by atoms with van der Waals surface area (Å²) in [5, 5.41) is 5.52. The molecule has 11 heteroatoms. The second-order valence-corrected chi connectivity index (χ2v) is 13.6. The number of carbonyl (C=O) groups excluding carboxylic acids is 6. The maximum absolute atomic E-state index is 13.3. The van der Waals surface area contributed by atoms with Crippen molar-refractivity contribution < 1.29 is 33.5 Å². The van der Waals surface area contributed by atoms with E-state index in [2.05, 4.69) is 15.4 Å². The third kappa shape index (κ3) is 9.48. The van der Waals surface area contributed by atoms with Gasteiger partial charge in [-0.1, -0.05) is 80.6 Å². The van der Waals surface area contributed by atoms with Gasteiger partial charge >= 0.3 is 6.09 Å². The first-order valence-electron chi connectivity index (χ1n) is 17.6. The van der Waals surface area contributed by atoms with Gasteiger partial charge in [-0.15, -0.1) is 0 Å². The molecule has 2 saturated heterocycles. The molecule has 0 radical (unpaired) electrons. The number of likely N-dealkylation sites (tertiary alicyclic amines) is 2. The summed E-state index contributed by atoms with van der Waals surface area (Å²) in [5.74, 6) is -0.951. The summed E-state index contributed by atoms with van der Waals surface area (Å²) in [6.07, 6.45) is 2.47. The maximum atomic E-state index is 13.3. The lowest BCUT2D eigenvalue weighted by Gasteiger charge is -2.30. The van der Waals surface area contributed by atoms with Crippen LogP contribution in [0.4, 0.5) is 10.5 Å². The Kier molecular flexibility index (Phi) is 12.4. The van der Waals surface area contributed by atoms with E-state index in [1.165, 1.54) is 7.11 Å². The smallest absolute Gasteiger partial charge is 0.407 e. The minimum atomic E-state index is -0.795. The number of nitrogens with zero attached hydrogens (tertiary/aromatic N) is 2. The summed E-state index contributed by atoms with van der Waals surface area (Å²) in [7, 11) is 1.24. The fourth-order valence-electron chi connectivity index (χ4n) is 6.80. The summed E-state index contributed by atoms with van der Waals surface area (Å²) in [6, 6.07) is 21.7. The quantitative estimate of drug-likeness (QED) is 0.246. The number of nitrogens with one attached hydrogen (secondary N) is 2. The minimum absolute atomic E-state index is 0.0640. The Balaban J connectivity index is 1.12. The number of alkyl carbamates (subject to hydrolysis) is 1. The van der Waals surface area contributed by atoms with Crippen LogP contribution in [-0.2, 0) is 43.2 Å². The predicted molar refractivity (Wildman–Crippen MR) is 192 cm³/mol. The molecule has 5 rings (SSSR count). The van der Waals surface area contributed by atoms with Crippen molar-refractivity contribution in [3.63, 3.8) is 0 Å². The zero-order chi connectivity index (χ0) is 36.5. The van der Waals surface area contributed by atoms with Crippen molar-refractivity contribution in [2.24, 2.45) is 5.92 Å². The fourth-order valence-corrected chi connectivity index (χ4v) is 6.80. The number of Topliss-reactive ketones (excluding diaryl/α,β-unsaturated/α-hetero) is 2. The molecule has 2 aliphatic rings. The largest absolute Gasteiger partial charge is 0.453 e. The third-order valence-electron chi connectivity index (χ3n) is 9.61. The lowest BCUT2D eigenvalue weighted by atomic mass is 9.97. The summed E-state index contributed by atoms with van der Waals surface area (Å²) in [6.45, 7) is 4.65. The van der Waals surface area contributed by atoms with Crippen LogP contribution >= 0.6 is 0 Å². The molecular weight excluding hydrogens is 648 g/mol. The highest BCUT2D eigenvalue weighted by atomic mass is 16.5. The van der Waals surface area contributed by atoms with Crippen molar-refractivity contribution in [1.29, 1.82) is 0 Å². The van der Waals surface area contributed by atoms with Gasteiger partial charge in [0.15, 0.2) is 11.6 Å². The van der Waals surface area contributed by atoms with Crippen molar-refractivity contribution in [2.45, 2.75) is 76.9 Å². The summed E-state index contributed by atoms with van der Waals surface area (Å²) in [5.41, 5.74) is 3.54. The molecule has 4 amide bonds. The number of amides is 4. The molecule has 0 aromatic heterocycles. The van der Waals surface area contributed by atoms with E-state index in [-0.39, 0.29) is 54.5 Å². The molecule has 0 unspecified atom stereocenters. The normalized spacial score (nSPS) is 17.6. The van der Waals surface area contributed by atoms with Gasteiger partial charge in [0, 0.05) is 37.2 Å². The van der Waals surface area contributed by atoms with Crippen molar-refractivity contribution in [3.8, 4) is 0 Å². The Morgan fingerprint density at radius 2 is 1.31 bits per heavy atom. The first-order valence-corrected chi connectivity index (χ1v) is 17.6. The van der Waals surface area contributed by atoms with Crippen molar-refractivity contribution in [1.82, 2.24) is 15.1 Å². The molecule has 2 N–H and O–H groups in total. The van der Waals surface area contributed by atoms with Gasteiger partial charge in [-0.2, -0.15) is 0 Å². The van der Waals surface area contributed by atoms with E-state index < -0.39 is 24.2 Å².